The molecule has 0 fully saturated rings. The molecule has 0 unspecified atom stereocenters. The number of rotatable bonds is 3. The van der Waals surface area contributed by atoms with Crippen LogP contribution in [0.15, 0.2) is 17.2 Å². The summed E-state index contributed by atoms with van der Waals surface area (Å²) in [5.74, 6) is 0. The molecule has 0 N–H and O–H groups in total. The summed E-state index contributed by atoms with van der Waals surface area (Å²) in [7, 11) is 0. The molecule has 0 aliphatic carbocycles. The molecule has 0 saturated heterocycles. The van der Waals surface area contributed by atoms with E-state index in [0.717, 1.165) is 0 Å². The van der Waals surface area contributed by atoms with Crippen LogP contribution in [0.4, 0.5) is 18.6 Å². The third-order valence-corrected chi connectivity index (χ3v) is 3.17. The van der Waals surface area contributed by atoms with E-state index in [1.807, 2.05) is 22.6 Å². The Morgan fingerprint density at radius 2 is 2.06 bits per heavy atom. The Kier molecular flexibility index (Phi) is 4.09. The van der Waals surface area contributed by atoms with E-state index in [0.29, 0.717) is 9.13 Å². The third-order valence-electron chi connectivity index (χ3n) is 2.05. The molecule has 1 rings (SSSR count). The van der Waals surface area contributed by atoms with Crippen LogP contribution in [-0.4, -0.2) is 6.98 Å². The van der Waals surface area contributed by atoms with Gasteiger partial charge in [-0.2, -0.15) is 0 Å². The minimum atomic E-state index is -4.88. The maximum Gasteiger partial charge on any atom is 0.482 e. The number of nitrogens with zero attached hydrogens (tertiary/aromatic N) is 3. The molecule has 1 aromatic rings. The lowest BCUT2D eigenvalue weighted by Gasteiger charge is -2.16. The highest BCUT2D eigenvalue weighted by Crippen LogP contribution is 2.27. The van der Waals surface area contributed by atoms with Gasteiger partial charge in [-0.1, -0.05) is 23.1 Å². The van der Waals surface area contributed by atoms with Crippen molar-refractivity contribution in [2.45, 2.75) is 13.2 Å². The third kappa shape index (κ3) is 3.60. The Hall–Kier alpha value is -0.885. The molecule has 0 amide bonds. The highest BCUT2D eigenvalue weighted by atomic mass is 127. The van der Waals surface area contributed by atoms with E-state index < -0.39 is 13.3 Å². The minimum absolute atomic E-state index is 0.168. The monoisotopic (exact) mass is 340 g/mol. The van der Waals surface area contributed by atoms with Gasteiger partial charge >= 0.3 is 6.98 Å². The van der Waals surface area contributed by atoms with Gasteiger partial charge in [-0.25, -0.2) is 0 Å². The number of hydrogen-bond donors (Lipinski definition) is 0. The van der Waals surface area contributed by atoms with Gasteiger partial charge in [0.2, 0.25) is 0 Å². The smallest absolute Gasteiger partial charge is 0.449 e. The van der Waals surface area contributed by atoms with Crippen LogP contribution in [0.3, 0.4) is 0 Å². The second kappa shape index (κ2) is 4.96. The van der Waals surface area contributed by atoms with E-state index in [-0.39, 0.29) is 11.3 Å². The van der Waals surface area contributed by atoms with Gasteiger partial charge in [0.25, 0.3) is 0 Å². The minimum Gasteiger partial charge on any atom is -0.449 e. The van der Waals surface area contributed by atoms with E-state index >= 15 is 0 Å². The fourth-order valence-electron chi connectivity index (χ4n) is 1.29. The molecule has 0 bridgehead atoms. The molecule has 0 saturated carbocycles. The van der Waals surface area contributed by atoms with Crippen molar-refractivity contribution in [3.05, 3.63) is 37.3 Å². The molecule has 0 aromatic heterocycles. The average molecular weight is 340 g/mol. The topological polar surface area (TPSA) is 48.8 Å². The van der Waals surface area contributed by atoms with Gasteiger partial charge in [0.1, 0.15) is 0 Å². The van der Waals surface area contributed by atoms with Crippen LogP contribution in [0.25, 0.3) is 10.4 Å². The summed E-state index contributed by atoms with van der Waals surface area (Å²) in [5.41, 5.74) is 9.20. The van der Waals surface area contributed by atoms with Gasteiger partial charge in [-0.15, -0.1) is 0 Å². The largest absolute Gasteiger partial charge is 0.482 e. The van der Waals surface area contributed by atoms with Gasteiger partial charge < -0.3 is 12.9 Å². The maximum atomic E-state index is 12.3. The quantitative estimate of drug-likeness (QED) is 0.256. The summed E-state index contributed by atoms with van der Waals surface area (Å²) in [6, 6.07) is 2.84. The van der Waals surface area contributed by atoms with E-state index in [9.17, 15) is 12.9 Å². The highest BCUT2D eigenvalue weighted by Gasteiger charge is 2.24. The van der Waals surface area contributed by atoms with Gasteiger partial charge in [0, 0.05) is 14.2 Å². The predicted molar refractivity (Wildman–Crippen MR) is 65.5 cm³/mol. The van der Waals surface area contributed by atoms with E-state index in [2.05, 4.69) is 10.0 Å². The Labute approximate surface area is 104 Å². The lowest BCUT2D eigenvalue weighted by molar-refractivity contribution is 0.468. The number of benzene rings is 1. The Balaban J connectivity index is 3.21. The van der Waals surface area contributed by atoms with E-state index in [1.165, 1.54) is 6.07 Å². The van der Waals surface area contributed by atoms with Gasteiger partial charge in [0.05, 0.1) is 0 Å². The Bertz CT molecular complexity index is 455. The molecule has 86 valence electrons. The second-order valence-corrected chi connectivity index (χ2v) is 4.48. The lowest BCUT2D eigenvalue weighted by atomic mass is 9.80. The van der Waals surface area contributed by atoms with E-state index in [1.54, 1.807) is 13.0 Å². The zero-order valence-corrected chi connectivity index (χ0v) is 10.5. The molecule has 0 radical (unpaired) electrons. The summed E-state index contributed by atoms with van der Waals surface area (Å²) in [4.78, 5) is 2.56. The van der Waals surface area contributed by atoms with Crippen LogP contribution in [0.2, 0.25) is 0 Å². The van der Waals surface area contributed by atoms with Crippen LogP contribution >= 0.6 is 22.6 Å². The van der Waals surface area contributed by atoms with Crippen molar-refractivity contribution >= 4 is 35.3 Å². The highest BCUT2D eigenvalue weighted by molar-refractivity contribution is 14.1. The number of hydrogen-bond acceptors (Lipinski definition) is 1. The standard InChI is InChI=1S/C8H7BF3IN3/c1-5-6(4-9(10,11)12)2-7(15-16-14)3-8(5)13/h2-3H,4H2,1H3/q-1. The SMILES string of the molecule is Cc1c(I)cc(N=[N+]=[N-])cc1C[B-](F)(F)F. The fourth-order valence-corrected chi connectivity index (χ4v) is 1.96. The molecule has 16 heavy (non-hydrogen) atoms. The first kappa shape index (κ1) is 13.2. The van der Waals surface area contributed by atoms with Crippen molar-refractivity contribution in [3.63, 3.8) is 0 Å². The summed E-state index contributed by atoms with van der Waals surface area (Å²) >= 11 is 1.92. The lowest BCUT2D eigenvalue weighted by Crippen LogP contribution is -2.20. The molecular weight excluding hydrogens is 333 g/mol. The second-order valence-electron chi connectivity index (χ2n) is 3.32. The molecule has 0 atom stereocenters. The Morgan fingerprint density at radius 3 is 2.56 bits per heavy atom. The number of azide groups is 1. The maximum absolute atomic E-state index is 12.3. The van der Waals surface area contributed by atoms with Gasteiger partial charge in [-0.05, 0) is 46.7 Å². The van der Waals surface area contributed by atoms with Gasteiger partial charge in [0.15, 0.2) is 0 Å². The van der Waals surface area contributed by atoms with Crippen LogP contribution in [0, 0.1) is 10.5 Å². The summed E-state index contributed by atoms with van der Waals surface area (Å²) in [6.07, 6.45) is -0.948. The zero-order chi connectivity index (χ0) is 12.3. The Morgan fingerprint density at radius 1 is 1.44 bits per heavy atom. The predicted octanol–water partition coefficient (Wildman–Crippen LogP) is 4.47. The first-order chi connectivity index (χ1) is 7.33. The average Bonchev–Trinajstić information content (AvgIpc) is 2.11. The summed E-state index contributed by atoms with van der Waals surface area (Å²) in [6.45, 7) is -3.26. The van der Waals surface area contributed by atoms with Crippen molar-refractivity contribution in [3.8, 4) is 0 Å². The van der Waals surface area contributed by atoms with Crippen molar-refractivity contribution < 1.29 is 12.9 Å². The molecule has 8 heteroatoms. The molecule has 0 heterocycles. The van der Waals surface area contributed by atoms with Gasteiger partial charge in [-0.3, -0.25) is 0 Å². The van der Waals surface area contributed by atoms with Crippen molar-refractivity contribution in [1.82, 2.24) is 0 Å². The molecule has 0 aliphatic rings. The fraction of sp³-hybridized carbons (Fsp3) is 0.250. The van der Waals surface area contributed by atoms with Crippen LogP contribution < -0.4 is 0 Å². The van der Waals surface area contributed by atoms with Crippen LogP contribution in [-0.2, 0) is 6.32 Å². The molecule has 0 spiro atoms. The van der Waals surface area contributed by atoms with Crippen LogP contribution in [0.1, 0.15) is 11.1 Å². The molecule has 1 aromatic carbocycles. The van der Waals surface area contributed by atoms with Crippen LogP contribution in [0.5, 0.6) is 0 Å². The molecular formula is C8H7BF3IN3-. The number of halogens is 4. The normalized spacial score (nSPS) is 11.1. The zero-order valence-electron chi connectivity index (χ0n) is 8.29. The first-order valence-corrected chi connectivity index (χ1v) is 5.46. The molecule has 3 nitrogen and oxygen atoms in total. The van der Waals surface area contributed by atoms with Crippen molar-refractivity contribution in [2.75, 3.05) is 0 Å². The van der Waals surface area contributed by atoms with Crippen molar-refractivity contribution in [2.24, 2.45) is 5.11 Å². The first-order valence-electron chi connectivity index (χ1n) is 4.38. The van der Waals surface area contributed by atoms with E-state index in [4.69, 9.17) is 5.53 Å². The van der Waals surface area contributed by atoms with Crippen molar-refractivity contribution in [1.29, 1.82) is 0 Å². The molecule has 0 aliphatic heterocycles. The summed E-state index contributed by atoms with van der Waals surface area (Å²) in [5, 5.41) is 3.31. The summed E-state index contributed by atoms with van der Waals surface area (Å²) < 4.78 is 37.6.